The van der Waals surface area contributed by atoms with E-state index in [0.29, 0.717) is 27.3 Å². The first-order chi connectivity index (χ1) is 9.11. The fourth-order valence-electron chi connectivity index (χ4n) is 1.55. The van der Waals surface area contributed by atoms with Gasteiger partial charge in [-0.05, 0) is 45.9 Å². The number of benzene rings is 1. The van der Waals surface area contributed by atoms with Crippen LogP contribution in [0.3, 0.4) is 0 Å². The molecule has 0 bridgehead atoms. The molecule has 1 aromatic carbocycles. The molecule has 0 spiro atoms. The summed E-state index contributed by atoms with van der Waals surface area (Å²) in [6, 6.07) is 5.13. The van der Waals surface area contributed by atoms with Gasteiger partial charge in [-0.25, -0.2) is 0 Å². The van der Waals surface area contributed by atoms with E-state index in [1.54, 1.807) is 18.2 Å². The van der Waals surface area contributed by atoms with Gasteiger partial charge >= 0.3 is 0 Å². The van der Waals surface area contributed by atoms with Crippen molar-refractivity contribution in [1.29, 1.82) is 0 Å². The molecule has 0 aliphatic rings. The van der Waals surface area contributed by atoms with Crippen LogP contribution in [-0.2, 0) is 5.41 Å². The van der Waals surface area contributed by atoms with Crippen LogP contribution in [0.25, 0.3) is 11.4 Å². The van der Waals surface area contributed by atoms with Gasteiger partial charge in [0.25, 0.3) is 0 Å². The molecule has 108 valence electrons. The highest BCUT2D eigenvalue weighted by Gasteiger charge is 2.40. The van der Waals surface area contributed by atoms with E-state index in [4.69, 9.17) is 33.5 Å². The third kappa shape index (κ3) is 2.82. The topological polar surface area (TPSA) is 64.9 Å². The summed E-state index contributed by atoms with van der Waals surface area (Å²) in [4.78, 5) is 4.43. The van der Waals surface area contributed by atoms with Gasteiger partial charge in [0.2, 0.25) is 11.7 Å². The molecule has 0 amide bonds. The second-order valence-electron chi connectivity index (χ2n) is 5.93. The average Bonchev–Trinajstić information content (AvgIpc) is 2.75. The summed E-state index contributed by atoms with van der Waals surface area (Å²) in [5.74, 6) is 0.929. The van der Waals surface area contributed by atoms with Crippen molar-refractivity contribution in [3.8, 4) is 11.4 Å². The Bertz CT molecular complexity index is 609. The van der Waals surface area contributed by atoms with E-state index in [9.17, 15) is 0 Å². The van der Waals surface area contributed by atoms with Crippen molar-refractivity contribution in [2.24, 2.45) is 5.73 Å². The van der Waals surface area contributed by atoms with Gasteiger partial charge in [0.05, 0.1) is 5.41 Å². The third-order valence-electron chi connectivity index (χ3n) is 3.69. The summed E-state index contributed by atoms with van der Waals surface area (Å²) in [7, 11) is 0. The van der Waals surface area contributed by atoms with Crippen LogP contribution in [-0.4, -0.2) is 15.7 Å². The van der Waals surface area contributed by atoms with Crippen molar-refractivity contribution in [2.45, 2.75) is 38.6 Å². The minimum absolute atomic E-state index is 0.446. The Morgan fingerprint density at radius 2 is 1.60 bits per heavy atom. The second kappa shape index (κ2) is 5.02. The van der Waals surface area contributed by atoms with E-state index in [0.717, 1.165) is 0 Å². The van der Waals surface area contributed by atoms with Gasteiger partial charge < -0.3 is 10.3 Å². The van der Waals surface area contributed by atoms with E-state index in [1.807, 2.05) is 27.7 Å². The summed E-state index contributed by atoms with van der Waals surface area (Å²) in [6.07, 6.45) is 0. The van der Waals surface area contributed by atoms with Crippen molar-refractivity contribution >= 4 is 23.2 Å². The zero-order chi connectivity index (χ0) is 15.1. The molecule has 2 rings (SSSR count). The van der Waals surface area contributed by atoms with E-state index in [1.165, 1.54) is 0 Å². The summed E-state index contributed by atoms with van der Waals surface area (Å²) in [5.41, 5.74) is 5.93. The van der Waals surface area contributed by atoms with Crippen LogP contribution in [0, 0.1) is 0 Å². The lowest BCUT2D eigenvalue weighted by Crippen LogP contribution is -2.50. The number of hydrogen-bond acceptors (Lipinski definition) is 4. The van der Waals surface area contributed by atoms with Crippen LogP contribution in [0.15, 0.2) is 22.7 Å². The van der Waals surface area contributed by atoms with Gasteiger partial charge in [0.1, 0.15) is 0 Å². The molecule has 6 heteroatoms. The van der Waals surface area contributed by atoms with Crippen molar-refractivity contribution in [3.63, 3.8) is 0 Å². The van der Waals surface area contributed by atoms with E-state index >= 15 is 0 Å². The Morgan fingerprint density at radius 1 is 1.05 bits per heavy atom. The number of rotatable bonds is 3. The van der Waals surface area contributed by atoms with Crippen LogP contribution in [0.4, 0.5) is 0 Å². The Labute approximate surface area is 128 Å². The Balaban J connectivity index is 2.43. The first-order valence-corrected chi connectivity index (χ1v) is 6.96. The van der Waals surface area contributed by atoms with Crippen molar-refractivity contribution in [2.75, 3.05) is 0 Å². The summed E-state index contributed by atoms with van der Waals surface area (Å²) in [6.45, 7) is 7.78. The van der Waals surface area contributed by atoms with E-state index < -0.39 is 11.0 Å². The normalized spacial score (nSPS) is 12.8. The zero-order valence-electron chi connectivity index (χ0n) is 11.9. The van der Waals surface area contributed by atoms with Crippen LogP contribution in [0.1, 0.15) is 33.6 Å². The zero-order valence-corrected chi connectivity index (χ0v) is 13.4. The van der Waals surface area contributed by atoms with Gasteiger partial charge in [-0.1, -0.05) is 28.4 Å². The van der Waals surface area contributed by atoms with Crippen LogP contribution >= 0.6 is 23.2 Å². The highest BCUT2D eigenvalue weighted by atomic mass is 35.5. The summed E-state index contributed by atoms with van der Waals surface area (Å²) < 4.78 is 5.36. The number of nitrogens with zero attached hydrogens (tertiary/aromatic N) is 2. The smallest absolute Gasteiger partial charge is 0.234 e. The van der Waals surface area contributed by atoms with Gasteiger partial charge in [-0.3, -0.25) is 0 Å². The molecule has 2 N–H and O–H groups in total. The molecule has 0 radical (unpaired) electrons. The van der Waals surface area contributed by atoms with Gasteiger partial charge in [-0.2, -0.15) is 4.98 Å². The predicted octanol–water partition coefficient (Wildman–Crippen LogP) is 4.06. The maximum atomic E-state index is 6.17. The molecule has 0 saturated carbocycles. The first-order valence-electron chi connectivity index (χ1n) is 6.21. The average molecular weight is 314 g/mol. The molecule has 4 nitrogen and oxygen atoms in total. The SMILES string of the molecule is CC(C)(N)C(C)(C)c1nc(-c2cc(Cl)cc(Cl)c2)no1. The standard InChI is InChI=1S/C14H17Cl2N3O/c1-13(2,14(3,4)17)12-18-11(19-20-12)8-5-9(15)7-10(16)6-8/h5-7H,17H2,1-4H3. The lowest BCUT2D eigenvalue weighted by Gasteiger charge is -2.34. The van der Waals surface area contributed by atoms with E-state index in [-0.39, 0.29) is 0 Å². The maximum Gasteiger partial charge on any atom is 0.234 e. The summed E-state index contributed by atoms with van der Waals surface area (Å²) >= 11 is 12.0. The minimum atomic E-state index is -0.497. The number of aromatic nitrogens is 2. The lowest BCUT2D eigenvalue weighted by atomic mass is 9.75. The van der Waals surface area contributed by atoms with E-state index in [2.05, 4.69) is 10.1 Å². The van der Waals surface area contributed by atoms with Gasteiger partial charge in [0.15, 0.2) is 0 Å². The Morgan fingerprint density at radius 3 is 2.10 bits per heavy atom. The van der Waals surface area contributed by atoms with Gasteiger partial charge in [-0.15, -0.1) is 0 Å². The predicted molar refractivity (Wildman–Crippen MR) is 81.0 cm³/mol. The van der Waals surface area contributed by atoms with Crippen molar-refractivity contribution < 1.29 is 4.52 Å². The largest absolute Gasteiger partial charge is 0.338 e. The number of hydrogen-bond donors (Lipinski definition) is 1. The molecule has 0 fully saturated rings. The molecular weight excluding hydrogens is 297 g/mol. The molecule has 0 saturated heterocycles. The molecule has 20 heavy (non-hydrogen) atoms. The van der Waals surface area contributed by atoms with Gasteiger partial charge in [0, 0.05) is 21.1 Å². The maximum absolute atomic E-state index is 6.17. The Hall–Kier alpha value is -1.10. The fraction of sp³-hybridized carbons (Fsp3) is 0.429. The van der Waals surface area contributed by atoms with Crippen molar-refractivity contribution in [1.82, 2.24) is 10.1 Å². The molecule has 1 aromatic heterocycles. The minimum Gasteiger partial charge on any atom is -0.338 e. The number of nitrogens with two attached hydrogens (primary N) is 1. The van der Waals surface area contributed by atoms with Crippen LogP contribution in [0.5, 0.6) is 0 Å². The highest BCUT2D eigenvalue weighted by molar-refractivity contribution is 6.35. The Kier molecular flexibility index (Phi) is 3.84. The fourth-order valence-corrected chi connectivity index (χ4v) is 2.08. The lowest BCUT2D eigenvalue weighted by molar-refractivity contribution is 0.223. The third-order valence-corrected chi connectivity index (χ3v) is 4.13. The number of halogens is 2. The van der Waals surface area contributed by atoms with Crippen LogP contribution in [0.2, 0.25) is 10.0 Å². The highest BCUT2D eigenvalue weighted by Crippen LogP contribution is 2.33. The molecule has 0 unspecified atom stereocenters. The molecular formula is C14H17Cl2N3O. The molecule has 0 atom stereocenters. The molecule has 2 aromatic rings. The monoisotopic (exact) mass is 313 g/mol. The van der Waals surface area contributed by atoms with Crippen LogP contribution < -0.4 is 5.73 Å². The molecule has 0 aliphatic heterocycles. The first kappa shape index (κ1) is 15.3. The second-order valence-corrected chi connectivity index (χ2v) is 6.80. The quantitative estimate of drug-likeness (QED) is 0.928. The summed E-state index contributed by atoms with van der Waals surface area (Å²) in [5, 5.41) is 5.04. The van der Waals surface area contributed by atoms with Crippen molar-refractivity contribution in [3.05, 3.63) is 34.1 Å². The molecule has 1 heterocycles. The molecule has 0 aliphatic carbocycles.